The van der Waals surface area contributed by atoms with Gasteiger partial charge in [0.25, 0.3) is 0 Å². The van der Waals surface area contributed by atoms with Crippen molar-refractivity contribution in [1.29, 1.82) is 0 Å². The van der Waals surface area contributed by atoms with E-state index in [9.17, 15) is 15.5 Å². The van der Waals surface area contributed by atoms with Gasteiger partial charge in [0, 0.05) is 11.2 Å². The highest BCUT2D eigenvalue weighted by atomic mass is 35.5. The van der Waals surface area contributed by atoms with Crippen LogP contribution in [0.25, 0.3) is 0 Å². The van der Waals surface area contributed by atoms with Gasteiger partial charge in [-0.2, -0.15) is 0 Å². The molecule has 1 aromatic rings. The van der Waals surface area contributed by atoms with Gasteiger partial charge in [-0.25, -0.2) is 4.98 Å². The van der Waals surface area contributed by atoms with Crippen molar-refractivity contribution >= 4 is 21.4 Å². The molecule has 0 radical (unpaired) electrons. The van der Waals surface area contributed by atoms with Gasteiger partial charge in [0.15, 0.2) is 5.03 Å². The van der Waals surface area contributed by atoms with E-state index in [0.29, 0.717) is 18.1 Å². The van der Waals surface area contributed by atoms with Crippen LogP contribution in [0.15, 0.2) is 33.8 Å². The van der Waals surface area contributed by atoms with E-state index >= 15 is 0 Å². The number of halogens is 5. The van der Waals surface area contributed by atoms with Gasteiger partial charge < -0.3 is 0 Å². The first kappa shape index (κ1) is 17.3. The van der Waals surface area contributed by atoms with E-state index in [1.807, 2.05) is 6.92 Å². The van der Waals surface area contributed by atoms with Crippen LogP contribution in [-0.4, -0.2) is 4.98 Å². The van der Waals surface area contributed by atoms with Crippen LogP contribution in [0.3, 0.4) is 0 Å². The number of hydrogen-bond acceptors (Lipinski definition) is 1. The molecule has 1 nitrogen and oxygen atoms in total. The first-order valence-corrected chi connectivity index (χ1v) is 8.77. The van der Waals surface area contributed by atoms with Crippen LogP contribution in [0.4, 0.5) is 15.5 Å². The van der Waals surface area contributed by atoms with Gasteiger partial charge in [-0.15, -0.1) is 15.5 Å². The Kier molecular flexibility index (Phi) is 4.52. The Morgan fingerprint density at radius 2 is 1.90 bits per heavy atom. The zero-order valence-electron chi connectivity index (χ0n) is 11.4. The van der Waals surface area contributed by atoms with E-state index in [1.54, 1.807) is 6.92 Å². The lowest BCUT2D eigenvalue weighted by Crippen LogP contribution is -2.12. The van der Waals surface area contributed by atoms with E-state index in [0.717, 1.165) is 19.0 Å². The predicted octanol–water partition coefficient (Wildman–Crippen LogP) is 6.82. The molecule has 0 saturated heterocycles. The summed E-state index contributed by atoms with van der Waals surface area (Å²) >= 11 is 5.56. The van der Waals surface area contributed by atoms with Crippen LogP contribution in [-0.2, 0) is 0 Å². The summed E-state index contributed by atoms with van der Waals surface area (Å²) in [5.74, 6) is 0. The SMILES string of the molecule is CCCCC/C(Cl)=C/S(F)(F)(F)(F)c1ccc(C)cn1. The molecule has 0 aromatic carbocycles. The topological polar surface area (TPSA) is 12.9 Å². The summed E-state index contributed by atoms with van der Waals surface area (Å²) in [4.78, 5) is 3.19. The Bertz CT molecular complexity index is 506. The summed E-state index contributed by atoms with van der Waals surface area (Å²) < 4.78 is 55.9. The van der Waals surface area contributed by atoms with Crippen molar-refractivity contribution in [3.8, 4) is 0 Å². The molecule has 0 aliphatic heterocycles. The van der Waals surface area contributed by atoms with Crippen LogP contribution in [0.2, 0.25) is 0 Å². The molecule has 1 rings (SSSR count). The first-order valence-electron chi connectivity index (χ1n) is 6.28. The van der Waals surface area contributed by atoms with Crippen molar-refractivity contribution in [1.82, 2.24) is 4.98 Å². The number of nitrogens with zero attached hydrogens (tertiary/aromatic N) is 1. The molecule has 0 amide bonds. The fourth-order valence-electron chi connectivity index (χ4n) is 1.63. The van der Waals surface area contributed by atoms with Crippen LogP contribution in [0, 0.1) is 6.92 Å². The summed E-state index contributed by atoms with van der Waals surface area (Å²) in [6.07, 6.45) is 3.11. The van der Waals surface area contributed by atoms with Gasteiger partial charge in [-0.05, 0) is 31.4 Å². The third-order valence-corrected chi connectivity index (χ3v) is 5.01. The molecule has 0 saturated carbocycles. The largest absolute Gasteiger partial charge is 0.243 e. The standard InChI is InChI=1S/C13H18ClF4NS/c1-3-4-5-6-12(14)10-20(15,16,17,18)13-8-7-11(2)9-19-13/h7-10H,3-6H2,1-2H3/b12-10-. The van der Waals surface area contributed by atoms with Crippen LogP contribution < -0.4 is 0 Å². The second-order valence-corrected chi connectivity index (χ2v) is 8.23. The second-order valence-electron chi connectivity index (χ2n) is 4.83. The molecule has 1 heterocycles. The Labute approximate surface area is 121 Å². The molecule has 0 aliphatic carbocycles. The molecule has 0 N–H and O–H groups in total. The molecule has 0 aliphatic rings. The average molecular weight is 332 g/mol. The number of allylic oxidation sites excluding steroid dienone is 1. The van der Waals surface area contributed by atoms with Crippen molar-refractivity contribution in [3.05, 3.63) is 34.3 Å². The Morgan fingerprint density at radius 3 is 2.40 bits per heavy atom. The molecule has 20 heavy (non-hydrogen) atoms. The Morgan fingerprint density at radius 1 is 1.25 bits per heavy atom. The number of pyridine rings is 1. The van der Waals surface area contributed by atoms with E-state index < -0.39 is 19.9 Å². The number of aromatic nitrogens is 1. The highest BCUT2D eigenvalue weighted by molar-refractivity contribution is 8.52. The summed E-state index contributed by atoms with van der Waals surface area (Å²) in [7, 11) is -8.55. The molecule has 0 fully saturated rings. The fourth-order valence-corrected chi connectivity index (χ4v) is 3.68. The van der Waals surface area contributed by atoms with E-state index in [-0.39, 0.29) is 11.8 Å². The molecule has 0 atom stereocenters. The van der Waals surface area contributed by atoms with Gasteiger partial charge in [-0.1, -0.05) is 37.4 Å². The van der Waals surface area contributed by atoms with Gasteiger partial charge in [-0.3, -0.25) is 0 Å². The number of rotatable bonds is 6. The third kappa shape index (κ3) is 4.66. The average Bonchev–Trinajstić information content (AvgIpc) is 2.27. The van der Waals surface area contributed by atoms with Crippen LogP contribution >= 0.6 is 21.4 Å². The van der Waals surface area contributed by atoms with Gasteiger partial charge in [0.05, 0.1) is 5.41 Å². The summed E-state index contributed by atoms with van der Waals surface area (Å²) in [5.41, 5.74) is 0.528. The smallest absolute Gasteiger partial charge is 0.219 e. The lowest BCUT2D eigenvalue weighted by molar-refractivity contribution is 0.458. The summed E-state index contributed by atoms with van der Waals surface area (Å²) in [5, 5.41) is -2.39. The minimum Gasteiger partial charge on any atom is -0.243 e. The molecule has 1 aromatic heterocycles. The molecular formula is C13H18ClF4NS. The lowest BCUT2D eigenvalue weighted by Gasteiger charge is -2.46. The Balaban J connectivity index is 3.13. The van der Waals surface area contributed by atoms with Gasteiger partial charge in [0.1, 0.15) is 0 Å². The number of unbranched alkanes of at least 4 members (excludes halogenated alkanes) is 2. The Hall–Kier alpha value is -0.750. The minimum absolute atomic E-state index is 0.0168. The van der Waals surface area contributed by atoms with Crippen molar-refractivity contribution in [2.45, 2.75) is 44.6 Å². The molecule has 0 unspecified atom stereocenters. The number of hydrogen-bond donors (Lipinski definition) is 0. The van der Waals surface area contributed by atoms with Gasteiger partial charge in [0.2, 0.25) is 9.84 Å². The van der Waals surface area contributed by atoms with Crippen molar-refractivity contribution < 1.29 is 15.5 Å². The van der Waals surface area contributed by atoms with Crippen LogP contribution in [0.5, 0.6) is 0 Å². The van der Waals surface area contributed by atoms with Crippen molar-refractivity contribution in [2.75, 3.05) is 0 Å². The first-order chi connectivity index (χ1) is 8.97. The molecule has 0 bridgehead atoms. The minimum atomic E-state index is -8.55. The van der Waals surface area contributed by atoms with E-state index in [1.165, 1.54) is 6.07 Å². The van der Waals surface area contributed by atoms with E-state index in [4.69, 9.17) is 11.6 Å². The molecule has 0 spiro atoms. The highest BCUT2D eigenvalue weighted by Gasteiger charge is 2.64. The number of aryl methyl sites for hydroxylation is 1. The third-order valence-electron chi connectivity index (χ3n) is 2.71. The zero-order valence-corrected chi connectivity index (χ0v) is 13.0. The lowest BCUT2D eigenvalue weighted by atomic mass is 10.2. The highest BCUT2D eigenvalue weighted by Crippen LogP contribution is 3.01. The molecular weight excluding hydrogens is 314 g/mol. The van der Waals surface area contributed by atoms with E-state index in [2.05, 4.69) is 4.98 Å². The van der Waals surface area contributed by atoms with Gasteiger partial charge >= 0.3 is 0 Å². The van der Waals surface area contributed by atoms with Crippen molar-refractivity contribution in [3.63, 3.8) is 0 Å². The molecule has 116 valence electrons. The zero-order chi connectivity index (χ0) is 15.5. The molecule has 7 heteroatoms. The van der Waals surface area contributed by atoms with Crippen LogP contribution in [0.1, 0.15) is 38.2 Å². The second kappa shape index (κ2) is 5.22. The predicted molar refractivity (Wildman–Crippen MR) is 77.3 cm³/mol. The summed E-state index contributed by atoms with van der Waals surface area (Å²) in [6, 6.07) is 1.84. The maximum absolute atomic E-state index is 14.0. The maximum Gasteiger partial charge on any atom is 0.219 e. The fraction of sp³-hybridized carbons (Fsp3) is 0.462. The monoisotopic (exact) mass is 331 g/mol. The quantitative estimate of drug-likeness (QED) is 0.411. The normalized spacial score (nSPS) is 16.6. The summed E-state index contributed by atoms with van der Waals surface area (Å²) in [6.45, 7) is 3.50. The van der Waals surface area contributed by atoms with Crippen molar-refractivity contribution in [2.24, 2.45) is 0 Å². The maximum atomic E-state index is 14.0.